The van der Waals surface area contributed by atoms with E-state index < -0.39 is 23.6 Å². The van der Waals surface area contributed by atoms with Crippen molar-refractivity contribution in [2.24, 2.45) is 11.3 Å². The topological polar surface area (TPSA) is 165 Å². The molecule has 0 saturated carbocycles. The molecule has 1 aromatic carbocycles. The molecule has 1 spiro atoms. The van der Waals surface area contributed by atoms with Gasteiger partial charge in [-0.05, 0) is 101 Å². The van der Waals surface area contributed by atoms with E-state index in [1.165, 1.54) is 18.7 Å². The van der Waals surface area contributed by atoms with Crippen LogP contribution in [0, 0.1) is 11.3 Å². The number of aromatic nitrogens is 3. The van der Waals surface area contributed by atoms with Crippen molar-refractivity contribution in [3.05, 3.63) is 59.5 Å². The lowest BCUT2D eigenvalue weighted by molar-refractivity contribution is -0.177. The van der Waals surface area contributed by atoms with E-state index in [9.17, 15) is 32.3 Å². The molecule has 14 nitrogen and oxygen atoms in total. The molecule has 18 heteroatoms. The molecule has 4 aliphatic rings. The minimum Gasteiger partial charge on any atom is -0.374 e. The van der Waals surface area contributed by atoms with Gasteiger partial charge in [-0.15, -0.1) is 0 Å². The predicted molar refractivity (Wildman–Crippen MR) is 222 cm³/mol. The Kier molecular flexibility index (Phi) is 13.4. The minimum absolute atomic E-state index is 0.00223. The first-order chi connectivity index (χ1) is 28.8. The molecular weight excluding hydrogens is 801 g/mol. The number of nitrogens with zero attached hydrogens (tertiary/aromatic N) is 6. The summed E-state index contributed by atoms with van der Waals surface area (Å²) in [6.07, 6.45) is 5.29. The van der Waals surface area contributed by atoms with Crippen LogP contribution in [-0.4, -0.2) is 106 Å². The van der Waals surface area contributed by atoms with Crippen molar-refractivity contribution in [1.82, 2.24) is 30.1 Å². The SMILES string of the molecule is CC[C@H](CCCNc1nc(Nc2cncc(N3CCC4(CCN(C(=O)CN5CCC(c6ccc(NC7CCC(=O)NC7=O)cc6)CC5)CC4)C3=O)c2)ncc1Cl)C(F)(F)F. The summed E-state index contributed by atoms with van der Waals surface area (Å²) in [4.78, 5) is 69.9. The first kappa shape index (κ1) is 43.1. The van der Waals surface area contributed by atoms with E-state index in [0.29, 0.717) is 87.8 Å². The average Bonchev–Trinajstić information content (AvgIpc) is 3.54. The molecule has 2 atom stereocenters. The number of carbonyl (C=O) groups excluding carboxylic acids is 4. The summed E-state index contributed by atoms with van der Waals surface area (Å²) in [5.41, 5.74) is 2.71. The fourth-order valence-corrected chi connectivity index (χ4v) is 8.95. The van der Waals surface area contributed by atoms with Crippen LogP contribution in [0.3, 0.4) is 0 Å². The van der Waals surface area contributed by atoms with Crippen LogP contribution >= 0.6 is 11.6 Å². The second kappa shape index (κ2) is 18.7. The van der Waals surface area contributed by atoms with Crippen LogP contribution in [0.4, 0.5) is 42.0 Å². The van der Waals surface area contributed by atoms with Crippen molar-refractivity contribution >= 4 is 64.1 Å². The van der Waals surface area contributed by atoms with Gasteiger partial charge in [-0.1, -0.05) is 30.7 Å². The maximum atomic E-state index is 14.0. The minimum atomic E-state index is -4.22. The molecule has 2 aromatic heterocycles. The van der Waals surface area contributed by atoms with Crippen LogP contribution in [0.1, 0.15) is 82.6 Å². The van der Waals surface area contributed by atoms with Gasteiger partial charge in [0.05, 0.1) is 47.8 Å². The molecule has 7 rings (SSSR count). The molecule has 4 aliphatic heterocycles. The van der Waals surface area contributed by atoms with E-state index in [2.05, 4.69) is 53.3 Å². The van der Waals surface area contributed by atoms with E-state index >= 15 is 0 Å². The zero-order valence-electron chi connectivity index (χ0n) is 33.7. The highest BCUT2D eigenvalue weighted by molar-refractivity contribution is 6.32. The Labute approximate surface area is 352 Å². The van der Waals surface area contributed by atoms with Crippen LogP contribution in [0.15, 0.2) is 48.9 Å². The molecular formula is C42H52ClF3N10O4. The first-order valence-electron chi connectivity index (χ1n) is 20.9. The molecule has 322 valence electrons. The Morgan fingerprint density at radius 1 is 0.983 bits per heavy atom. The maximum absolute atomic E-state index is 14.0. The van der Waals surface area contributed by atoms with Gasteiger partial charge in [0, 0.05) is 38.3 Å². The lowest BCUT2D eigenvalue weighted by Gasteiger charge is -2.39. The van der Waals surface area contributed by atoms with Gasteiger partial charge in [0.15, 0.2) is 0 Å². The van der Waals surface area contributed by atoms with Crippen LogP contribution in [-0.2, 0) is 19.2 Å². The fourth-order valence-electron chi connectivity index (χ4n) is 8.79. The van der Waals surface area contributed by atoms with Crippen molar-refractivity contribution in [3.63, 3.8) is 0 Å². The largest absolute Gasteiger partial charge is 0.391 e. The Balaban J connectivity index is 0.851. The molecule has 4 saturated heterocycles. The van der Waals surface area contributed by atoms with Gasteiger partial charge in [-0.25, -0.2) is 4.98 Å². The van der Waals surface area contributed by atoms with Crippen molar-refractivity contribution in [3.8, 4) is 0 Å². The molecule has 6 heterocycles. The number of likely N-dealkylation sites (tertiary alicyclic amines) is 2. The number of hydrogen-bond acceptors (Lipinski definition) is 11. The smallest absolute Gasteiger partial charge is 0.374 e. The number of alkyl halides is 3. The summed E-state index contributed by atoms with van der Waals surface area (Å²) >= 11 is 6.27. The molecule has 4 amide bonds. The van der Waals surface area contributed by atoms with E-state index in [-0.39, 0.29) is 54.0 Å². The normalized spacial score (nSPS) is 20.6. The maximum Gasteiger partial charge on any atom is 0.391 e. The molecule has 0 aliphatic carbocycles. The molecule has 0 bridgehead atoms. The van der Waals surface area contributed by atoms with Crippen molar-refractivity contribution in [1.29, 1.82) is 0 Å². The second-order valence-electron chi connectivity index (χ2n) is 16.4. The number of benzene rings is 1. The number of imide groups is 1. The molecule has 60 heavy (non-hydrogen) atoms. The third-order valence-electron chi connectivity index (χ3n) is 12.5. The number of amides is 4. The molecule has 3 aromatic rings. The summed E-state index contributed by atoms with van der Waals surface area (Å²) in [5.74, 6) is -0.873. The first-order valence-corrected chi connectivity index (χ1v) is 21.3. The van der Waals surface area contributed by atoms with Crippen LogP contribution in [0.5, 0.6) is 0 Å². The van der Waals surface area contributed by atoms with E-state index in [1.807, 2.05) is 17.0 Å². The van der Waals surface area contributed by atoms with Gasteiger partial charge < -0.3 is 25.8 Å². The summed E-state index contributed by atoms with van der Waals surface area (Å²) in [6.45, 7) is 5.37. The fraction of sp³-hybridized carbons (Fsp3) is 0.548. The zero-order chi connectivity index (χ0) is 42.4. The number of nitrogens with one attached hydrogen (secondary N) is 4. The summed E-state index contributed by atoms with van der Waals surface area (Å²) in [7, 11) is 0. The molecule has 4 fully saturated rings. The lowest BCUT2D eigenvalue weighted by Crippen LogP contribution is -2.49. The van der Waals surface area contributed by atoms with Gasteiger partial charge in [0.1, 0.15) is 16.9 Å². The van der Waals surface area contributed by atoms with Gasteiger partial charge >= 0.3 is 6.18 Å². The number of halogens is 4. The number of pyridine rings is 1. The van der Waals surface area contributed by atoms with E-state index in [4.69, 9.17) is 11.6 Å². The molecule has 4 N–H and O–H groups in total. The Bertz CT molecular complexity index is 2020. The Hall–Kier alpha value is -5.03. The molecule has 1 unspecified atom stereocenters. The summed E-state index contributed by atoms with van der Waals surface area (Å²) in [5, 5.41) is 11.9. The highest BCUT2D eigenvalue weighted by Crippen LogP contribution is 2.43. The zero-order valence-corrected chi connectivity index (χ0v) is 34.5. The summed E-state index contributed by atoms with van der Waals surface area (Å²) in [6, 6.07) is 9.52. The number of piperidine rings is 3. The number of carbonyl (C=O) groups is 4. The van der Waals surface area contributed by atoms with Crippen LogP contribution in [0.25, 0.3) is 0 Å². The number of hydrogen-bond donors (Lipinski definition) is 4. The van der Waals surface area contributed by atoms with Crippen molar-refractivity contribution < 1.29 is 32.3 Å². The van der Waals surface area contributed by atoms with Gasteiger partial charge in [0.25, 0.3) is 0 Å². The highest BCUT2D eigenvalue weighted by Gasteiger charge is 2.49. The van der Waals surface area contributed by atoms with Crippen molar-refractivity contribution in [2.75, 3.05) is 66.7 Å². The van der Waals surface area contributed by atoms with Crippen molar-refractivity contribution in [2.45, 2.75) is 89.3 Å². The van der Waals surface area contributed by atoms with E-state index in [1.54, 1.807) is 23.4 Å². The van der Waals surface area contributed by atoms with Crippen LogP contribution < -0.4 is 26.2 Å². The van der Waals surface area contributed by atoms with Gasteiger partial charge in [-0.3, -0.25) is 34.4 Å². The standard InChI is InChI=1S/C42H52ClF3N10O4/c1-2-29(42(44,45)46)4-3-16-48-37-33(43)25-49-40(53-37)51-31-22-32(24-47-23-31)56-21-15-41(39(56)60)13-19-55(20-14-41)36(58)26-54-17-11-28(12-18-54)27-5-7-30(8-6-27)50-34-9-10-35(57)52-38(34)59/h5-8,22-25,28-29,34,50H,2-4,9-21,26H2,1H3,(H,52,57,59)(H2,48,49,51,53)/t29-,34?/m1/s1. The van der Waals surface area contributed by atoms with E-state index in [0.717, 1.165) is 31.6 Å². The Morgan fingerprint density at radius 3 is 2.42 bits per heavy atom. The Morgan fingerprint density at radius 2 is 1.72 bits per heavy atom. The third kappa shape index (κ3) is 10.3. The number of anilines is 5. The lowest BCUT2D eigenvalue weighted by atomic mass is 9.77. The second-order valence-corrected chi connectivity index (χ2v) is 16.8. The van der Waals surface area contributed by atoms with Crippen LogP contribution in [0.2, 0.25) is 5.02 Å². The summed E-state index contributed by atoms with van der Waals surface area (Å²) < 4.78 is 39.4. The predicted octanol–water partition coefficient (Wildman–Crippen LogP) is 6.49. The quantitative estimate of drug-likeness (QED) is 0.104. The number of rotatable bonds is 14. The van der Waals surface area contributed by atoms with Gasteiger partial charge in [0.2, 0.25) is 29.6 Å². The van der Waals surface area contributed by atoms with Gasteiger partial charge in [-0.2, -0.15) is 18.2 Å². The monoisotopic (exact) mass is 852 g/mol. The highest BCUT2D eigenvalue weighted by atomic mass is 35.5. The average molecular weight is 853 g/mol. The third-order valence-corrected chi connectivity index (χ3v) is 12.8. The molecule has 0 radical (unpaired) electrons.